The number of nitrogens with zero attached hydrogens (tertiary/aromatic N) is 3. The Labute approximate surface area is 123 Å². The average molecular weight is 309 g/mol. The summed E-state index contributed by atoms with van der Waals surface area (Å²) >= 11 is 7.18. The van der Waals surface area contributed by atoms with E-state index in [1.165, 1.54) is 23.5 Å². The van der Waals surface area contributed by atoms with Crippen molar-refractivity contribution in [2.45, 2.75) is 6.54 Å². The van der Waals surface area contributed by atoms with Gasteiger partial charge in [0.15, 0.2) is 4.47 Å². The highest BCUT2D eigenvalue weighted by atomic mass is 35.5. The molecule has 0 aliphatic carbocycles. The lowest BCUT2D eigenvalue weighted by Gasteiger charge is -2.12. The van der Waals surface area contributed by atoms with Crippen LogP contribution in [0.15, 0.2) is 43.1 Å². The third-order valence-electron chi connectivity index (χ3n) is 2.72. The number of halogens is 2. The van der Waals surface area contributed by atoms with Gasteiger partial charge in [0.25, 0.3) is 0 Å². The highest BCUT2D eigenvalue weighted by Gasteiger charge is 2.07. The van der Waals surface area contributed by atoms with Gasteiger partial charge in [-0.15, -0.1) is 11.3 Å². The molecule has 4 nitrogen and oxygen atoms in total. The average Bonchev–Trinajstić information content (AvgIpc) is 3.08. The number of nitrogens with one attached hydrogen (secondary N) is 1. The van der Waals surface area contributed by atoms with Crippen molar-refractivity contribution in [2.24, 2.45) is 0 Å². The van der Waals surface area contributed by atoms with E-state index in [1.807, 2.05) is 10.8 Å². The molecule has 2 heterocycles. The van der Waals surface area contributed by atoms with Gasteiger partial charge in [-0.2, -0.15) is 0 Å². The number of hydrogen-bond donors (Lipinski definition) is 1. The zero-order chi connectivity index (χ0) is 13.9. The van der Waals surface area contributed by atoms with Crippen molar-refractivity contribution in [3.05, 3.63) is 58.3 Å². The normalized spacial score (nSPS) is 10.7. The Morgan fingerprint density at radius 1 is 1.40 bits per heavy atom. The lowest BCUT2D eigenvalue weighted by Crippen LogP contribution is -2.03. The minimum atomic E-state index is -0.293. The first-order valence-corrected chi connectivity index (χ1v) is 7.04. The summed E-state index contributed by atoms with van der Waals surface area (Å²) in [7, 11) is 0. The molecule has 0 amide bonds. The maximum atomic E-state index is 13.4. The van der Waals surface area contributed by atoms with Gasteiger partial charge >= 0.3 is 0 Å². The van der Waals surface area contributed by atoms with Crippen molar-refractivity contribution in [1.82, 2.24) is 14.5 Å². The van der Waals surface area contributed by atoms with Crippen molar-refractivity contribution < 1.29 is 4.39 Å². The van der Waals surface area contributed by atoms with Crippen LogP contribution in [0.4, 0.5) is 10.1 Å². The number of rotatable bonds is 4. The zero-order valence-corrected chi connectivity index (χ0v) is 11.8. The van der Waals surface area contributed by atoms with Crippen molar-refractivity contribution in [1.29, 1.82) is 0 Å². The summed E-state index contributed by atoms with van der Waals surface area (Å²) in [6, 6.07) is 4.58. The van der Waals surface area contributed by atoms with Gasteiger partial charge in [0.2, 0.25) is 0 Å². The fourth-order valence-corrected chi connectivity index (χ4v) is 2.74. The van der Waals surface area contributed by atoms with Crippen LogP contribution in [0, 0.1) is 5.82 Å². The van der Waals surface area contributed by atoms with Gasteiger partial charge in [-0.1, -0.05) is 11.6 Å². The smallest absolute Gasteiger partial charge is 0.183 e. The molecule has 0 atom stereocenters. The van der Waals surface area contributed by atoms with Crippen LogP contribution in [0.3, 0.4) is 0 Å². The van der Waals surface area contributed by atoms with E-state index in [0.717, 1.165) is 10.6 Å². The monoisotopic (exact) mass is 308 g/mol. The van der Waals surface area contributed by atoms with Gasteiger partial charge in [-0.3, -0.25) is 0 Å². The first-order chi connectivity index (χ1) is 9.72. The number of aromatic nitrogens is 3. The van der Waals surface area contributed by atoms with E-state index in [0.29, 0.717) is 16.7 Å². The fourth-order valence-electron chi connectivity index (χ4n) is 1.82. The standard InChI is InChI=1S/C13H10ClFN4S/c14-13-18-7-10(20-13)6-17-11-5-9(15)1-2-12(11)19-4-3-16-8-19/h1-5,7-8,17H,6H2. The van der Waals surface area contributed by atoms with Crippen LogP contribution in [0.2, 0.25) is 4.47 Å². The summed E-state index contributed by atoms with van der Waals surface area (Å²) in [5.74, 6) is -0.293. The van der Waals surface area contributed by atoms with Gasteiger partial charge in [0.05, 0.1) is 24.2 Å². The molecular weight excluding hydrogens is 299 g/mol. The van der Waals surface area contributed by atoms with Gasteiger partial charge in [-0.25, -0.2) is 14.4 Å². The van der Waals surface area contributed by atoms with Crippen molar-refractivity contribution in [3.63, 3.8) is 0 Å². The van der Waals surface area contributed by atoms with E-state index in [9.17, 15) is 4.39 Å². The van der Waals surface area contributed by atoms with Crippen LogP contribution < -0.4 is 5.32 Å². The second kappa shape index (κ2) is 5.60. The number of benzene rings is 1. The Hall–Kier alpha value is -1.92. The SMILES string of the molecule is Fc1ccc(-n2ccnc2)c(NCc2cnc(Cl)s2)c1. The van der Waals surface area contributed by atoms with Gasteiger partial charge in [0, 0.05) is 23.5 Å². The third-order valence-corrected chi connectivity index (χ3v) is 3.83. The molecular formula is C13H10ClFN4S. The van der Waals surface area contributed by atoms with Gasteiger partial charge < -0.3 is 9.88 Å². The van der Waals surface area contributed by atoms with Crippen LogP contribution in [-0.4, -0.2) is 14.5 Å². The zero-order valence-electron chi connectivity index (χ0n) is 10.3. The number of imidazole rings is 1. The second-order valence-corrected chi connectivity index (χ2v) is 5.76. The van der Waals surface area contributed by atoms with E-state index in [1.54, 1.807) is 24.8 Å². The Morgan fingerprint density at radius 3 is 3.00 bits per heavy atom. The molecule has 102 valence electrons. The topological polar surface area (TPSA) is 42.7 Å². The Kier molecular flexibility index (Phi) is 3.66. The maximum Gasteiger partial charge on any atom is 0.183 e. The summed E-state index contributed by atoms with van der Waals surface area (Å²) < 4.78 is 15.7. The van der Waals surface area contributed by atoms with Crippen molar-refractivity contribution in [2.75, 3.05) is 5.32 Å². The van der Waals surface area contributed by atoms with Gasteiger partial charge in [-0.05, 0) is 18.2 Å². The Bertz CT molecular complexity index is 711. The van der Waals surface area contributed by atoms with Crippen LogP contribution in [0.25, 0.3) is 5.69 Å². The second-order valence-electron chi connectivity index (χ2n) is 4.06. The molecule has 1 aromatic carbocycles. The molecule has 0 aliphatic heterocycles. The molecule has 0 saturated carbocycles. The van der Waals surface area contributed by atoms with Crippen LogP contribution in [0.1, 0.15) is 4.88 Å². The largest absolute Gasteiger partial charge is 0.378 e. The molecule has 0 bridgehead atoms. The number of hydrogen-bond acceptors (Lipinski definition) is 4. The minimum Gasteiger partial charge on any atom is -0.378 e. The maximum absolute atomic E-state index is 13.4. The number of thiazole rings is 1. The molecule has 0 saturated heterocycles. The molecule has 7 heteroatoms. The summed E-state index contributed by atoms with van der Waals surface area (Å²) in [6.45, 7) is 0.537. The van der Waals surface area contributed by atoms with Crippen LogP contribution >= 0.6 is 22.9 Å². The first kappa shape index (κ1) is 13.1. The summed E-state index contributed by atoms with van der Waals surface area (Å²) in [5, 5.41) is 3.20. The molecule has 0 fully saturated rings. The quantitative estimate of drug-likeness (QED) is 0.798. The molecule has 2 aromatic heterocycles. The molecule has 3 rings (SSSR count). The highest BCUT2D eigenvalue weighted by Crippen LogP contribution is 2.24. The first-order valence-electron chi connectivity index (χ1n) is 5.84. The lowest BCUT2D eigenvalue weighted by molar-refractivity contribution is 0.628. The molecule has 0 aliphatic rings. The summed E-state index contributed by atoms with van der Waals surface area (Å²) in [5.41, 5.74) is 1.52. The number of anilines is 1. The van der Waals surface area contributed by atoms with E-state index < -0.39 is 0 Å². The van der Waals surface area contributed by atoms with Gasteiger partial charge in [0.1, 0.15) is 5.82 Å². The molecule has 0 spiro atoms. The Morgan fingerprint density at radius 2 is 2.30 bits per heavy atom. The van der Waals surface area contributed by atoms with E-state index in [-0.39, 0.29) is 5.82 Å². The molecule has 1 N–H and O–H groups in total. The predicted octanol–water partition coefficient (Wildman–Crippen LogP) is 3.73. The minimum absolute atomic E-state index is 0.293. The highest BCUT2D eigenvalue weighted by molar-refractivity contribution is 7.15. The molecule has 20 heavy (non-hydrogen) atoms. The predicted molar refractivity (Wildman–Crippen MR) is 78.0 cm³/mol. The van der Waals surface area contributed by atoms with Crippen LogP contribution in [-0.2, 0) is 6.54 Å². The lowest BCUT2D eigenvalue weighted by atomic mass is 10.2. The Balaban J connectivity index is 1.86. The van der Waals surface area contributed by atoms with Crippen molar-refractivity contribution in [3.8, 4) is 5.69 Å². The van der Waals surface area contributed by atoms with Crippen LogP contribution in [0.5, 0.6) is 0 Å². The molecule has 0 unspecified atom stereocenters. The molecule has 3 aromatic rings. The fraction of sp³-hybridized carbons (Fsp3) is 0.0769. The third kappa shape index (κ3) is 2.81. The van der Waals surface area contributed by atoms with E-state index in [2.05, 4.69) is 15.3 Å². The summed E-state index contributed by atoms with van der Waals surface area (Å²) in [4.78, 5) is 8.96. The summed E-state index contributed by atoms with van der Waals surface area (Å²) in [6.07, 6.45) is 6.86. The van der Waals surface area contributed by atoms with Crippen molar-refractivity contribution >= 4 is 28.6 Å². The van der Waals surface area contributed by atoms with E-state index in [4.69, 9.17) is 11.6 Å². The molecule has 0 radical (unpaired) electrons. The van der Waals surface area contributed by atoms with E-state index >= 15 is 0 Å².